The molecule has 2 atom stereocenters. The average molecular weight is 327 g/mol. The molecule has 0 radical (unpaired) electrons. The Hall–Kier alpha value is -1.14. The highest BCUT2D eigenvalue weighted by Crippen LogP contribution is 2.14. The molecule has 0 fully saturated rings. The van der Waals surface area contributed by atoms with Crippen molar-refractivity contribution in [2.24, 2.45) is 5.92 Å². The molecule has 21 heavy (non-hydrogen) atoms. The van der Waals surface area contributed by atoms with Crippen molar-refractivity contribution in [1.29, 1.82) is 0 Å². The van der Waals surface area contributed by atoms with Crippen LogP contribution in [0, 0.1) is 5.92 Å². The highest BCUT2D eigenvalue weighted by molar-refractivity contribution is 7.98. The molecule has 1 amide bonds. The number of nitrogens with one attached hydrogen (secondary N) is 1. The molecule has 0 saturated carbocycles. The van der Waals surface area contributed by atoms with Gasteiger partial charge in [0.15, 0.2) is 0 Å². The number of carbonyl (C=O) groups excluding carboxylic acids is 1. The number of hydrogen-bond donors (Lipinski definition) is 2. The fourth-order valence-corrected chi connectivity index (χ4v) is 3.19. The molecule has 4 nitrogen and oxygen atoms in total. The van der Waals surface area contributed by atoms with Crippen LogP contribution in [0.15, 0.2) is 30.3 Å². The lowest BCUT2D eigenvalue weighted by Crippen LogP contribution is -2.46. The van der Waals surface area contributed by atoms with E-state index in [1.165, 1.54) is 11.8 Å². The third kappa shape index (κ3) is 6.44. The largest absolute Gasteiger partial charge is 0.480 e. The number of thioether (sulfide) groups is 2. The van der Waals surface area contributed by atoms with E-state index >= 15 is 0 Å². The van der Waals surface area contributed by atoms with Gasteiger partial charge in [-0.25, -0.2) is 4.79 Å². The lowest BCUT2D eigenvalue weighted by Gasteiger charge is -2.19. The molecule has 6 heteroatoms. The normalized spacial score (nSPS) is 13.4. The highest BCUT2D eigenvalue weighted by atomic mass is 32.2. The van der Waals surface area contributed by atoms with Crippen molar-refractivity contribution in [2.75, 3.05) is 24.0 Å². The minimum Gasteiger partial charge on any atom is -0.480 e. The van der Waals surface area contributed by atoms with Crippen LogP contribution in [0.2, 0.25) is 0 Å². The molecule has 1 unspecified atom stereocenters. The first-order chi connectivity index (χ1) is 10.1. The van der Waals surface area contributed by atoms with Crippen molar-refractivity contribution in [3.63, 3.8) is 0 Å². The Kier molecular flexibility index (Phi) is 8.30. The third-order valence-electron chi connectivity index (χ3n) is 3.01. The van der Waals surface area contributed by atoms with Crippen molar-refractivity contribution in [2.45, 2.75) is 12.5 Å². The van der Waals surface area contributed by atoms with E-state index in [0.29, 0.717) is 17.9 Å². The summed E-state index contributed by atoms with van der Waals surface area (Å²) in [6.45, 7) is 0. The Labute approximate surface area is 134 Å². The van der Waals surface area contributed by atoms with Crippen LogP contribution in [0.1, 0.15) is 5.56 Å². The molecule has 1 aromatic carbocycles. The fraction of sp³-hybridized carbons (Fsp3) is 0.467. The van der Waals surface area contributed by atoms with E-state index in [-0.39, 0.29) is 11.8 Å². The predicted octanol–water partition coefficient (Wildman–Crippen LogP) is 2.14. The molecule has 0 aliphatic heterocycles. The Morgan fingerprint density at radius 3 is 2.29 bits per heavy atom. The van der Waals surface area contributed by atoms with Crippen LogP contribution in [-0.2, 0) is 16.0 Å². The number of carboxylic acid groups (broad SMARTS) is 1. The van der Waals surface area contributed by atoms with Gasteiger partial charge in [0.2, 0.25) is 5.91 Å². The predicted molar refractivity (Wildman–Crippen MR) is 90.0 cm³/mol. The number of hydrogen-bond acceptors (Lipinski definition) is 4. The Balaban J connectivity index is 2.70. The first-order valence-electron chi connectivity index (χ1n) is 6.63. The van der Waals surface area contributed by atoms with E-state index in [2.05, 4.69) is 5.32 Å². The van der Waals surface area contributed by atoms with Crippen LogP contribution in [0.25, 0.3) is 0 Å². The van der Waals surface area contributed by atoms with Crippen LogP contribution in [0.5, 0.6) is 0 Å². The number of carboxylic acids is 1. The summed E-state index contributed by atoms with van der Waals surface area (Å²) in [6, 6.07) is 8.96. The van der Waals surface area contributed by atoms with Crippen molar-refractivity contribution in [1.82, 2.24) is 5.32 Å². The Morgan fingerprint density at radius 1 is 1.14 bits per heavy atom. The van der Waals surface area contributed by atoms with Crippen LogP contribution in [0.4, 0.5) is 0 Å². The lowest BCUT2D eigenvalue weighted by molar-refractivity contribution is -0.141. The molecular formula is C15H21NO3S2. The molecule has 0 bridgehead atoms. The van der Waals surface area contributed by atoms with Gasteiger partial charge < -0.3 is 10.4 Å². The highest BCUT2D eigenvalue weighted by Gasteiger charge is 2.24. The Bertz CT molecular complexity index is 453. The zero-order chi connectivity index (χ0) is 15.7. The maximum atomic E-state index is 12.3. The molecule has 0 aliphatic carbocycles. The van der Waals surface area contributed by atoms with Gasteiger partial charge in [0.1, 0.15) is 6.04 Å². The molecule has 1 aromatic rings. The van der Waals surface area contributed by atoms with E-state index in [1.807, 2.05) is 42.8 Å². The van der Waals surface area contributed by atoms with E-state index in [4.69, 9.17) is 5.11 Å². The van der Waals surface area contributed by atoms with Crippen molar-refractivity contribution in [3.8, 4) is 0 Å². The average Bonchev–Trinajstić information content (AvgIpc) is 2.47. The molecule has 0 spiro atoms. The van der Waals surface area contributed by atoms with E-state index in [1.54, 1.807) is 11.8 Å². The summed E-state index contributed by atoms with van der Waals surface area (Å²) in [7, 11) is 0. The molecule has 0 aromatic heterocycles. The second-order valence-electron chi connectivity index (χ2n) is 4.70. The summed E-state index contributed by atoms with van der Waals surface area (Å²) in [6.07, 6.45) is 4.40. The van der Waals surface area contributed by atoms with Crippen LogP contribution < -0.4 is 5.32 Å². The maximum absolute atomic E-state index is 12.3. The molecule has 0 saturated heterocycles. The summed E-state index contributed by atoms with van der Waals surface area (Å²) < 4.78 is 0. The van der Waals surface area contributed by atoms with Gasteiger partial charge in [-0.1, -0.05) is 30.3 Å². The zero-order valence-electron chi connectivity index (χ0n) is 12.2. The van der Waals surface area contributed by atoms with Crippen LogP contribution in [-0.4, -0.2) is 47.0 Å². The molecule has 0 heterocycles. The number of aliphatic carboxylic acids is 1. The standard InChI is InChI=1S/C15H21NO3S2/c1-20-9-12(8-11-6-4-3-5-7-11)14(17)16-13(10-21-2)15(18)19/h3-7,12-13H,8-10H2,1-2H3,(H,16,17)(H,18,19)/t12?,13-/m0/s1. The van der Waals surface area contributed by atoms with Gasteiger partial charge >= 0.3 is 5.97 Å². The number of carbonyl (C=O) groups is 2. The van der Waals surface area contributed by atoms with Crippen molar-refractivity contribution < 1.29 is 14.7 Å². The Morgan fingerprint density at radius 2 is 1.76 bits per heavy atom. The van der Waals surface area contributed by atoms with Gasteiger partial charge in [-0.3, -0.25) is 4.79 Å². The fourth-order valence-electron chi connectivity index (χ4n) is 1.96. The second kappa shape index (κ2) is 9.73. The summed E-state index contributed by atoms with van der Waals surface area (Å²) in [5, 5.41) is 11.8. The third-order valence-corrected chi connectivity index (χ3v) is 4.41. The summed E-state index contributed by atoms with van der Waals surface area (Å²) >= 11 is 3.00. The van der Waals surface area contributed by atoms with Gasteiger partial charge in [-0.2, -0.15) is 23.5 Å². The van der Waals surface area contributed by atoms with E-state index in [0.717, 1.165) is 5.56 Å². The van der Waals surface area contributed by atoms with Crippen molar-refractivity contribution in [3.05, 3.63) is 35.9 Å². The molecular weight excluding hydrogens is 306 g/mol. The maximum Gasteiger partial charge on any atom is 0.327 e. The van der Waals surface area contributed by atoms with Gasteiger partial charge in [0.25, 0.3) is 0 Å². The van der Waals surface area contributed by atoms with E-state index < -0.39 is 12.0 Å². The van der Waals surface area contributed by atoms with Gasteiger partial charge in [0, 0.05) is 11.5 Å². The second-order valence-corrected chi connectivity index (χ2v) is 6.52. The molecule has 2 N–H and O–H groups in total. The van der Waals surface area contributed by atoms with Gasteiger partial charge in [-0.05, 0) is 24.5 Å². The van der Waals surface area contributed by atoms with E-state index in [9.17, 15) is 9.59 Å². The molecule has 0 aliphatic rings. The smallest absolute Gasteiger partial charge is 0.327 e. The van der Waals surface area contributed by atoms with Crippen LogP contribution in [0.3, 0.4) is 0 Å². The molecule has 116 valence electrons. The van der Waals surface area contributed by atoms with Crippen LogP contribution >= 0.6 is 23.5 Å². The summed E-state index contributed by atoms with van der Waals surface area (Å²) in [5.74, 6) is -0.342. The topological polar surface area (TPSA) is 66.4 Å². The zero-order valence-corrected chi connectivity index (χ0v) is 13.9. The number of amides is 1. The quantitative estimate of drug-likeness (QED) is 0.727. The first kappa shape index (κ1) is 17.9. The summed E-state index contributed by atoms with van der Waals surface area (Å²) in [5.41, 5.74) is 1.09. The monoisotopic (exact) mass is 327 g/mol. The minimum atomic E-state index is -0.986. The van der Waals surface area contributed by atoms with Crippen molar-refractivity contribution >= 4 is 35.4 Å². The first-order valence-corrected chi connectivity index (χ1v) is 9.42. The van der Waals surface area contributed by atoms with Gasteiger partial charge in [0.05, 0.1) is 5.92 Å². The lowest BCUT2D eigenvalue weighted by atomic mass is 10.00. The summed E-state index contributed by atoms with van der Waals surface area (Å²) in [4.78, 5) is 23.5. The minimum absolute atomic E-state index is 0.186. The molecule has 1 rings (SSSR count). The van der Waals surface area contributed by atoms with Gasteiger partial charge in [-0.15, -0.1) is 0 Å². The number of benzene rings is 1. The SMILES string of the molecule is CSCC(Cc1ccccc1)C(=O)N[C@@H](CSC)C(=O)O. The number of rotatable bonds is 9.